The highest BCUT2D eigenvalue weighted by molar-refractivity contribution is 5.86. The molecule has 0 aromatic heterocycles. The summed E-state index contributed by atoms with van der Waals surface area (Å²) in [6, 6.07) is 21.8. The molecule has 0 saturated heterocycles. The van der Waals surface area contributed by atoms with Crippen LogP contribution in [0.25, 0.3) is 22.3 Å². The largest absolute Gasteiger partial charge is 0.493 e. The fourth-order valence-corrected chi connectivity index (χ4v) is 5.00. The first-order valence-electron chi connectivity index (χ1n) is 15.4. The second-order valence-electron chi connectivity index (χ2n) is 11.1. The lowest BCUT2D eigenvalue weighted by Gasteiger charge is -2.17. The minimum atomic E-state index is -0.407. The van der Waals surface area contributed by atoms with Gasteiger partial charge >= 0.3 is 5.97 Å². The molecule has 0 bridgehead atoms. The van der Waals surface area contributed by atoms with Crippen LogP contribution in [0.4, 0.5) is 0 Å². The summed E-state index contributed by atoms with van der Waals surface area (Å²) in [6.07, 6.45) is 8.17. The van der Waals surface area contributed by atoms with E-state index >= 15 is 0 Å². The number of hydrogen-bond donors (Lipinski definition) is 2. The lowest BCUT2D eigenvalue weighted by molar-refractivity contribution is -0.138. The van der Waals surface area contributed by atoms with Crippen molar-refractivity contribution in [2.24, 2.45) is 5.92 Å². The molecule has 0 atom stereocenters. The van der Waals surface area contributed by atoms with E-state index in [9.17, 15) is 15.0 Å². The van der Waals surface area contributed by atoms with Gasteiger partial charge in [0.1, 0.15) is 5.75 Å². The summed E-state index contributed by atoms with van der Waals surface area (Å²) in [7, 11) is 0. The molecule has 3 rings (SSSR count). The van der Waals surface area contributed by atoms with Crippen molar-refractivity contribution in [2.45, 2.75) is 72.1 Å². The molecular weight excluding hydrogens is 524 g/mol. The van der Waals surface area contributed by atoms with Crippen molar-refractivity contribution in [1.29, 1.82) is 0 Å². The average Bonchev–Trinajstić information content (AvgIpc) is 3.01. The SMILES string of the molecule is C=C(C)C(=O)OCCc1cc(-c2ccc(-c3ccc(CCCCCC)cc3)cc2CC)ccc1OCCC(CO)CO. The topological polar surface area (TPSA) is 76.0 Å². The second-order valence-corrected chi connectivity index (χ2v) is 11.1. The number of aryl methyl sites for hydroxylation is 2. The Morgan fingerprint density at radius 2 is 1.50 bits per heavy atom. The van der Waals surface area contributed by atoms with Gasteiger partial charge in [0, 0.05) is 31.1 Å². The molecule has 0 fully saturated rings. The molecule has 0 amide bonds. The van der Waals surface area contributed by atoms with Crippen LogP contribution < -0.4 is 4.74 Å². The molecule has 0 aliphatic carbocycles. The monoisotopic (exact) mass is 572 g/mol. The van der Waals surface area contributed by atoms with Gasteiger partial charge in [-0.2, -0.15) is 0 Å². The standard InChI is InChI=1S/C37H48O5/c1-5-7-8-9-10-28-11-13-31(14-12-28)32-15-17-35(30(6-2)23-32)33-16-18-36(41-21-19-29(25-38)26-39)34(24-33)20-22-42-37(40)27(3)4/h11-18,23-24,29,38-39H,3,5-10,19-22,25-26H2,1-2,4H3. The molecule has 0 heterocycles. The lowest BCUT2D eigenvalue weighted by Crippen LogP contribution is -2.15. The Balaban J connectivity index is 1.81. The maximum atomic E-state index is 11.9. The number of aliphatic hydroxyl groups is 2. The van der Waals surface area contributed by atoms with E-state index in [0.717, 1.165) is 24.0 Å². The molecule has 3 aromatic rings. The van der Waals surface area contributed by atoms with Crippen LogP contribution in [0.15, 0.2) is 72.8 Å². The van der Waals surface area contributed by atoms with E-state index in [0.29, 0.717) is 30.8 Å². The number of carbonyl (C=O) groups excluding carboxylic acids is 1. The molecule has 0 aliphatic rings. The minimum Gasteiger partial charge on any atom is -0.493 e. The fourth-order valence-electron chi connectivity index (χ4n) is 5.00. The summed E-state index contributed by atoms with van der Waals surface area (Å²) < 4.78 is 11.4. The number of esters is 1. The summed E-state index contributed by atoms with van der Waals surface area (Å²) in [5.74, 6) is 0.0943. The van der Waals surface area contributed by atoms with Gasteiger partial charge in [0.2, 0.25) is 0 Å². The van der Waals surface area contributed by atoms with Crippen LogP contribution in [-0.4, -0.2) is 42.6 Å². The number of benzene rings is 3. The fraction of sp³-hybridized carbons (Fsp3) is 0.432. The van der Waals surface area contributed by atoms with Gasteiger partial charge < -0.3 is 19.7 Å². The van der Waals surface area contributed by atoms with Gasteiger partial charge in [-0.05, 0) is 83.7 Å². The van der Waals surface area contributed by atoms with Crippen LogP contribution in [0.3, 0.4) is 0 Å². The van der Waals surface area contributed by atoms with Crippen molar-refractivity contribution in [3.05, 3.63) is 89.5 Å². The van der Waals surface area contributed by atoms with E-state index < -0.39 is 5.97 Å². The predicted molar refractivity (Wildman–Crippen MR) is 172 cm³/mol. The maximum Gasteiger partial charge on any atom is 0.333 e. The highest BCUT2D eigenvalue weighted by Gasteiger charge is 2.13. The quantitative estimate of drug-likeness (QED) is 0.0926. The first-order valence-corrected chi connectivity index (χ1v) is 15.4. The summed E-state index contributed by atoms with van der Waals surface area (Å²) >= 11 is 0. The number of hydrogen-bond acceptors (Lipinski definition) is 5. The van der Waals surface area contributed by atoms with Crippen molar-refractivity contribution >= 4 is 5.97 Å². The lowest BCUT2D eigenvalue weighted by atomic mass is 9.92. The van der Waals surface area contributed by atoms with Crippen LogP contribution >= 0.6 is 0 Å². The summed E-state index contributed by atoms with van der Waals surface area (Å²) in [5, 5.41) is 18.8. The van der Waals surface area contributed by atoms with E-state index in [2.05, 4.69) is 75.0 Å². The number of unbranched alkanes of at least 4 members (excludes halogenated alkanes) is 3. The van der Waals surface area contributed by atoms with Crippen molar-refractivity contribution in [3.63, 3.8) is 0 Å². The average molecular weight is 573 g/mol. The smallest absolute Gasteiger partial charge is 0.333 e. The van der Waals surface area contributed by atoms with Gasteiger partial charge in [-0.15, -0.1) is 0 Å². The molecule has 0 unspecified atom stereocenters. The predicted octanol–water partition coefficient (Wildman–Crippen LogP) is 7.74. The third-order valence-electron chi connectivity index (χ3n) is 7.72. The molecule has 0 saturated carbocycles. The van der Waals surface area contributed by atoms with Crippen molar-refractivity contribution in [2.75, 3.05) is 26.4 Å². The first kappa shape index (κ1) is 33.1. The van der Waals surface area contributed by atoms with Crippen LogP contribution in [0.1, 0.15) is 69.6 Å². The third kappa shape index (κ3) is 9.85. The highest BCUT2D eigenvalue weighted by atomic mass is 16.5. The Hall–Kier alpha value is -3.41. The van der Waals surface area contributed by atoms with Crippen LogP contribution in [0.2, 0.25) is 0 Å². The normalized spacial score (nSPS) is 11.1. The zero-order valence-corrected chi connectivity index (χ0v) is 25.7. The van der Waals surface area contributed by atoms with E-state index in [4.69, 9.17) is 9.47 Å². The Kier molecular flexibility index (Phi) is 13.8. The number of ether oxygens (including phenoxy) is 2. The van der Waals surface area contributed by atoms with E-state index in [1.54, 1.807) is 6.92 Å². The minimum absolute atomic E-state index is 0.0819. The van der Waals surface area contributed by atoms with Crippen LogP contribution in [0, 0.1) is 5.92 Å². The maximum absolute atomic E-state index is 11.9. The zero-order chi connectivity index (χ0) is 30.3. The molecule has 0 aliphatic heterocycles. The Bertz CT molecular complexity index is 1270. The van der Waals surface area contributed by atoms with Gasteiger partial charge in [-0.1, -0.05) is 88.2 Å². The van der Waals surface area contributed by atoms with Crippen molar-refractivity contribution < 1.29 is 24.5 Å². The van der Waals surface area contributed by atoms with Gasteiger partial charge in [0.05, 0.1) is 13.2 Å². The Morgan fingerprint density at radius 3 is 2.17 bits per heavy atom. The first-order chi connectivity index (χ1) is 20.4. The molecular formula is C37H48O5. The van der Waals surface area contributed by atoms with Crippen LogP contribution in [0.5, 0.6) is 5.75 Å². The van der Waals surface area contributed by atoms with Crippen LogP contribution in [-0.2, 0) is 28.8 Å². The van der Waals surface area contributed by atoms with Crippen molar-refractivity contribution in [3.8, 4) is 28.0 Å². The molecule has 0 radical (unpaired) electrons. The Morgan fingerprint density at radius 1 is 0.810 bits per heavy atom. The number of aliphatic hydroxyl groups excluding tert-OH is 2. The molecule has 226 valence electrons. The molecule has 3 aromatic carbocycles. The summed E-state index contributed by atoms with van der Waals surface area (Å²) in [4.78, 5) is 11.9. The molecule has 5 heteroatoms. The zero-order valence-electron chi connectivity index (χ0n) is 25.7. The van der Waals surface area contributed by atoms with Gasteiger partial charge in [-0.3, -0.25) is 0 Å². The van der Waals surface area contributed by atoms with Gasteiger partial charge in [0.25, 0.3) is 0 Å². The van der Waals surface area contributed by atoms with E-state index in [1.807, 2.05) is 6.07 Å². The molecule has 2 N–H and O–H groups in total. The summed E-state index contributed by atoms with van der Waals surface area (Å²) in [6.45, 7) is 10.1. The number of carbonyl (C=O) groups is 1. The number of rotatable bonds is 18. The molecule has 42 heavy (non-hydrogen) atoms. The van der Waals surface area contributed by atoms with Gasteiger partial charge in [0.15, 0.2) is 0 Å². The van der Waals surface area contributed by atoms with E-state index in [1.165, 1.54) is 53.5 Å². The third-order valence-corrected chi connectivity index (χ3v) is 7.72. The van der Waals surface area contributed by atoms with Crippen molar-refractivity contribution in [1.82, 2.24) is 0 Å². The second kappa shape index (κ2) is 17.5. The Labute approximate surface area is 252 Å². The molecule has 5 nitrogen and oxygen atoms in total. The van der Waals surface area contributed by atoms with E-state index in [-0.39, 0.29) is 25.7 Å². The highest BCUT2D eigenvalue weighted by Crippen LogP contribution is 2.33. The summed E-state index contributed by atoms with van der Waals surface area (Å²) in [5.41, 5.74) is 8.65. The van der Waals surface area contributed by atoms with Gasteiger partial charge in [-0.25, -0.2) is 4.79 Å². The molecule has 0 spiro atoms.